The lowest BCUT2D eigenvalue weighted by Crippen LogP contribution is -2.26. The van der Waals surface area contributed by atoms with Crippen molar-refractivity contribution in [1.82, 2.24) is 9.97 Å². The Morgan fingerprint density at radius 3 is 2.57 bits per heavy atom. The summed E-state index contributed by atoms with van der Waals surface area (Å²) in [4.78, 5) is 9.61. The van der Waals surface area contributed by atoms with Crippen LogP contribution in [0.1, 0.15) is 13.3 Å². The van der Waals surface area contributed by atoms with Crippen LogP contribution >= 0.6 is 0 Å². The van der Waals surface area contributed by atoms with Gasteiger partial charge in [-0.05, 0) is 13.3 Å². The summed E-state index contributed by atoms with van der Waals surface area (Å²) >= 11 is 0. The van der Waals surface area contributed by atoms with Gasteiger partial charge in [0.25, 0.3) is 0 Å². The summed E-state index contributed by atoms with van der Waals surface area (Å²) in [5.41, 5.74) is 0. The Labute approximate surface area is 82.4 Å². The van der Waals surface area contributed by atoms with E-state index in [4.69, 9.17) is 5.11 Å². The minimum Gasteiger partial charge on any atom is -0.396 e. The molecule has 1 heterocycles. The van der Waals surface area contributed by atoms with E-state index in [1.165, 1.54) is 0 Å². The van der Waals surface area contributed by atoms with E-state index in [1.807, 2.05) is 11.8 Å². The molecule has 0 saturated carbocycles. The molecule has 0 aliphatic heterocycles. The van der Waals surface area contributed by atoms with E-state index in [2.05, 4.69) is 9.97 Å². The summed E-state index contributed by atoms with van der Waals surface area (Å²) in [5, 5.41) is 8.67. The van der Waals surface area contributed by atoms with E-state index in [0.29, 0.717) is 18.9 Å². The summed E-state index contributed by atoms with van der Waals surface area (Å²) in [6.07, 6.45) is 2.95. The molecule has 4 nitrogen and oxygen atoms in total. The van der Waals surface area contributed by atoms with Crippen LogP contribution in [-0.2, 0) is 0 Å². The van der Waals surface area contributed by atoms with Crippen LogP contribution in [0.5, 0.6) is 0 Å². The Morgan fingerprint density at radius 1 is 1.43 bits per heavy atom. The lowest BCUT2D eigenvalue weighted by molar-refractivity contribution is 0.289. The van der Waals surface area contributed by atoms with Crippen LogP contribution in [0.25, 0.3) is 0 Å². The number of rotatable bonds is 5. The molecule has 78 valence electrons. The minimum atomic E-state index is -0.438. The summed E-state index contributed by atoms with van der Waals surface area (Å²) in [5.74, 6) is 0.0642. The Kier molecular flexibility index (Phi) is 4.25. The number of hydrogen-bond donors (Lipinski definition) is 1. The summed E-state index contributed by atoms with van der Waals surface area (Å²) in [6.45, 7) is 3.52. The number of aliphatic hydroxyl groups excluding tert-OH is 1. The third-order valence-electron chi connectivity index (χ3n) is 1.86. The molecule has 0 spiro atoms. The number of hydrogen-bond acceptors (Lipinski definition) is 4. The van der Waals surface area contributed by atoms with Crippen LogP contribution in [0, 0.1) is 5.82 Å². The average Bonchev–Trinajstić information content (AvgIpc) is 2.21. The smallest absolute Gasteiger partial charge is 0.225 e. The normalized spacial score (nSPS) is 10.2. The van der Waals surface area contributed by atoms with Gasteiger partial charge in [0.1, 0.15) is 0 Å². The fourth-order valence-corrected chi connectivity index (χ4v) is 1.13. The first-order valence-electron chi connectivity index (χ1n) is 4.61. The quantitative estimate of drug-likeness (QED) is 0.763. The van der Waals surface area contributed by atoms with Crippen molar-refractivity contribution in [3.63, 3.8) is 0 Å². The summed E-state index contributed by atoms with van der Waals surface area (Å²) in [7, 11) is 0. The van der Waals surface area contributed by atoms with Crippen molar-refractivity contribution in [2.45, 2.75) is 13.3 Å². The minimum absolute atomic E-state index is 0.137. The molecule has 14 heavy (non-hydrogen) atoms. The van der Waals surface area contributed by atoms with Gasteiger partial charge in [0.15, 0.2) is 5.82 Å². The fourth-order valence-electron chi connectivity index (χ4n) is 1.13. The molecular weight excluding hydrogens is 185 g/mol. The first-order chi connectivity index (χ1) is 6.77. The van der Waals surface area contributed by atoms with Crippen molar-refractivity contribution in [2.75, 3.05) is 24.6 Å². The fraction of sp³-hybridized carbons (Fsp3) is 0.556. The van der Waals surface area contributed by atoms with Crippen LogP contribution in [0.2, 0.25) is 0 Å². The van der Waals surface area contributed by atoms with Gasteiger partial charge in [-0.3, -0.25) is 0 Å². The van der Waals surface area contributed by atoms with Crippen molar-refractivity contribution in [1.29, 1.82) is 0 Å². The zero-order valence-corrected chi connectivity index (χ0v) is 8.15. The monoisotopic (exact) mass is 199 g/mol. The highest BCUT2D eigenvalue weighted by Gasteiger charge is 2.06. The second kappa shape index (κ2) is 5.49. The van der Waals surface area contributed by atoms with Crippen molar-refractivity contribution in [3.05, 3.63) is 18.2 Å². The first-order valence-corrected chi connectivity index (χ1v) is 4.61. The Bertz CT molecular complexity index is 265. The second-order valence-corrected chi connectivity index (χ2v) is 2.86. The number of nitrogens with zero attached hydrogens (tertiary/aromatic N) is 3. The van der Waals surface area contributed by atoms with Gasteiger partial charge in [0.05, 0.1) is 12.4 Å². The van der Waals surface area contributed by atoms with Crippen LogP contribution in [-0.4, -0.2) is 34.8 Å². The molecule has 0 saturated heterocycles. The topological polar surface area (TPSA) is 49.2 Å². The molecule has 1 N–H and O–H groups in total. The maximum Gasteiger partial charge on any atom is 0.225 e. The zero-order chi connectivity index (χ0) is 10.4. The Balaban J connectivity index is 2.64. The number of aromatic nitrogens is 2. The highest BCUT2D eigenvalue weighted by molar-refractivity contribution is 5.27. The van der Waals surface area contributed by atoms with Crippen molar-refractivity contribution in [3.8, 4) is 0 Å². The van der Waals surface area contributed by atoms with Crippen LogP contribution in [0.15, 0.2) is 12.4 Å². The van der Waals surface area contributed by atoms with Gasteiger partial charge in [0, 0.05) is 19.7 Å². The average molecular weight is 199 g/mol. The molecule has 0 bridgehead atoms. The van der Waals surface area contributed by atoms with Gasteiger partial charge in [-0.2, -0.15) is 0 Å². The standard InChI is InChI=1S/C9H14FN3O/c1-2-13(4-3-5-14)9-11-6-8(10)7-12-9/h6-7,14H,2-5H2,1H3. The number of anilines is 1. The zero-order valence-electron chi connectivity index (χ0n) is 8.15. The molecule has 0 aliphatic rings. The van der Waals surface area contributed by atoms with Crippen LogP contribution < -0.4 is 4.90 Å². The Hall–Kier alpha value is -1.23. The van der Waals surface area contributed by atoms with Crippen LogP contribution in [0.4, 0.5) is 10.3 Å². The van der Waals surface area contributed by atoms with E-state index < -0.39 is 5.82 Å². The van der Waals surface area contributed by atoms with Crippen molar-refractivity contribution in [2.24, 2.45) is 0 Å². The third kappa shape index (κ3) is 2.92. The van der Waals surface area contributed by atoms with E-state index in [1.54, 1.807) is 0 Å². The maximum atomic E-state index is 12.5. The lowest BCUT2D eigenvalue weighted by Gasteiger charge is -2.19. The molecule has 0 unspecified atom stereocenters. The largest absolute Gasteiger partial charge is 0.396 e. The summed E-state index contributed by atoms with van der Waals surface area (Å²) in [6, 6.07) is 0. The predicted molar refractivity (Wildman–Crippen MR) is 51.6 cm³/mol. The highest BCUT2D eigenvalue weighted by atomic mass is 19.1. The van der Waals surface area contributed by atoms with Crippen molar-refractivity contribution < 1.29 is 9.50 Å². The molecular formula is C9H14FN3O. The predicted octanol–water partition coefficient (Wildman–Crippen LogP) is 0.824. The maximum absolute atomic E-state index is 12.5. The molecule has 0 aliphatic carbocycles. The molecule has 0 atom stereocenters. The van der Waals surface area contributed by atoms with Crippen LogP contribution in [0.3, 0.4) is 0 Å². The molecule has 1 aromatic heterocycles. The summed E-state index contributed by atoms with van der Waals surface area (Å²) < 4.78 is 12.5. The van der Waals surface area contributed by atoms with Gasteiger partial charge in [-0.15, -0.1) is 0 Å². The number of halogens is 1. The van der Waals surface area contributed by atoms with Gasteiger partial charge in [0.2, 0.25) is 5.95 Å². The van der Waals surface area contributed by atoms with Gasteiger partial charge < -0.3 is 10.0 Å². The van der Waals surface area contributed by atoms with Gasteiger partial charge in [-0.1, -0.05) is 0 Å². The van der Waals surface area contributed by atoms with Gasteiger partial charge in [-0.25, -0.2) is 14.4 Å². The SMILES string of the molecule is CCN(CCCO)c1ncc(F)cn1. The van der Waals surface area contributed by atoms with E-state index in [-0.39, 0.29) is 6.61 Å². The second-order valence-electron chi connectivity index (χ2n) is 2.86. The molecule has 0 amide bonds. The molecule has 1 aromatic rings. The van der Waals surface area contributed by atoms with E-state index >= 15 is 0 Å². The van der Waals surface area contributed by atoms with Gasteiger partial charge >= 0.3 is 0 Å². The van der Waals surface area contributed by atoms with E-state index in [0.717, 1.165) is 18.9 Å². The van der Waals surface area contributed by atoms with E-state index in [9.17, 15) is 4.39 Å². The Morgan fingerprint density at radius 2 is 2.07 bits per heavy atom. The lowest BCUT2D eigenvalue weighted by atomic mass is 10.4. The highest BCUT2D eigenvalue weighted by Crippen LogP contribution is 2.06. The number of aliphatic hydroxyl groups is 1. The molecule has 0 fully saturated rings. The molecule has 0 radical (unpaired) electrons. The molecule has 5 heteroatoms. The van der Waals surface area contributed by atoms with Crippen molar-refractivity contribution >= 4 is 5.95 Å². The molecule has 1 rings (SSSR count). The third-order valence-corrected chi connectivity index (χ3v) is 1.86. The first kappa shape index (κ1) is 10.8. The molecule has 0 aromatic carbocycles.